The van der Waals surface area contributed by atoms with E-state index in [-0.39, 0.29) is 0 Å². The van der Waals surface area contributed by atoms with Crippen molar-refractivity contribution in [2.24, 2.45) is 0 Å². The van der Waals surface area contributed by atoms with Crippen LogP contribution in [0.3, 0.4) is 0 Å². The molecule has 0 N–H and O–H groups in total. The molecule has 0 saturated heterocycles. The highest BCUT2D eigenvalue weighted by atomic mass is 15.1. The molecule has 11 aromatic rings. The molecule has 268 valence electrons. The van der Waals surface area contributed by atoms with E-state index < -0.39 is 0 Å². The second-order valence-electron chi connectivity index (χ2n) is 14.9. The van der Waals surface area contributed by atoms with Gasteiger partial charge in [0.25, 0.3) is 0 Å². The molecule has 10 aromatic carbocycles. The molecule has 11 rings (SSSR count). The summed E-state index contributed by atoms with van der Waals surface area (Å²) in [6.45, 7) is 2.19. The molecule has 0 aliphatic rings. The van der Waals surface area contributed by atoms with Crippen LogP contribution >= 0.6 is 0 Å². The van der Waals surface area contributed by atoms with E-state index in [4.69, 9.17) is 4.98 Å². The van der Waals surface area contributed by atoms with Gasteiger partial charge in [-0.1, -0.05) is 183 Å². The van der Waals surface area contributed by atoms with Gasteiger partial charge in [-0.2, -0.15) is 0 Å². The summed E-state index contributed by atoms with van der Waals surface area (Å²) in [6.07, 6.45) is 0.840. The molecule has 0 aliphatic carbocycles. The molecule has 1 heterocycles. The summed E-state index contributed by atoms with van der Waals surface area (Å²) in [5.74, 6) is 1.06. The SMILES string of the molecule is CCc1nc2ccccc2n1-c1ccc(-c2c3ccccc3c(-c3ccc(-c4ccccc4)c4ccccc34)c3cc(-c4ccccc4)ccc23)c2ccccc12. The molecule has 0 aliphatic heterocycles. The first kappa shape index (κ1) is 33.1. The highest BCUT2D eigenvalue weighted by Crippen LogP contribution is 2.49. The summed E-state index contributed by atoms with van der Waals surface area (Å²) in [5, 5.41) is 9.88. The lowest BCUT2D eigenvalue weighted by Crippen LogP contribution is -2.01. The molecule has 0 fully saturated rings. The van der Waals surface area contributed by atoms with Crippen LogP contribution in [0.4, 0.5) is 0 Å². The minimum Gasteiger partial charge on any atom is -0.296 e. The van der Waals surface area contributed by atoms with Gasteiger partial charge in [0.2, 0.25) is 0 Å². The predicted molar refractivity (Wildman–Crippen MR) is 242 cm³/mol. The topological polar surface area (TPSA) is 17.8 Å². The number of aryl methyl sites for hydroxylation is 1. The Hall–Kier alpha value is -7.29. The third-order valence-electron chi connectivity index (χ3n) is 11.8. The molecule has 1 aromatic heterocycles. The number of rotatable bonds is 6. The highest BCUT2D eigenvalue weighted by Gasteiger charge is 2.22. The van der Waals surface area contributed by atoms with Crippen LogP contribution in [0.1, 0.15) is 12.7 Å². The molecule has 0 bridgehead atoms. The number of para-hydroxylation sites is 2. The van der Waals surface area contributed by atoms with Crippen LogP contribution in [0.5, 0.6) is 0 Å². The summed E-state index contributed by atoms with van der Waals surface area (Å²) < 4.78 is 2.36. The van der Waals surface area contributed by atoms with Gasteiger partial charge in [0, 0.05) is 11.8 Å². The van der Waals surface area contributed by atoms with Gasteiger partial charge in [0.1, 0.15) is 5.82 Å². The summed E-state index contributed by atoms with van der Waals surface area (Å²) in [7, 11) is 0. The Bertz CT molecular complexity index is 3320. The fourth-order valence-corrected chi connectivity index (χ4v) is 9.23. The van der Waals surface area contributed by atoms with Crippen LogP contribution in [0, 0.1) is 0 Å². The van der Waals surface area contributed by atoms with E-state index in [0.717, 1.165) is 29.0 Å². The average molecular weight is 727 g/mol. The number of fused-ring (bicyclic) bond motifs is 5. The lowest BCUT2D eigenvalue weighted by atomic mass is 9.82. The number of hydrogen-bond acceptors (Lipinski definition) is 1. The fourth-order valence-electron chi connectivity index (χ4n) is 9.23. The second kappa shape index (κ2) is 13.5. The molecule has 0 spiro atoms. The first-order chi connectivity index (χ1) is 28.3. The third kappa shape index (κ3) is 5.29. The maximum atomic E-state index is 5.06. The van der Waals surface area contributed by atoms with Crippen molar-refractivity contribution in [3.05, 3.63) is 206 Å². The van der Waals surface area contributed by atoms with Crippen LogP contribution < -0.4 is 0 Å². The van der Waals surface area contributed by atoms with Gasteiger partial charge in [0.05, 0.1) is 16.7 Å². The Labute approximate surface area is 331 Å². The second-order valence-corrected chi connectivity index (χ2v) is 14.9. The van der Waals surface area contributed by atoms with Crippen molar-refractivity contribution in [3.8, 4) is 50.2 Å². The number of aromatic nitrogens is 2. The van der Waals surface area contributed by atoms with Crippen molar-refractivity contribution in [2.45, 2.75) is 13.3 Å². The number of nitrogens with zero attached hydrogens (tertiary/aromatic N) is 2. The van der Waals surface area contributed by atoms with Gasteiger partial charge in [-0.25, -0.2) is 4.98 Å². The Kier molecular flexibility index (Phi) is 7.82. The molecule has 57 heavy (non-hydrogen) atoms. The van der Waals surface area contributed by atoms with E-state index in [1.54, 1.807) is 0 Å². The van der Waals surface area contributed by atoms with E-state index >= 15 is 0 Å². The Morgan fingerprint density at radius 3 is 1.54 bits per heavy atom. The van der Waals surface area contributed by atoms with Gasteiger partial charge in [0.15, 0.2) is 0 Å². The first-order valence-corrected chi connectivity index (χ1v) is 19.9. The van der Waals surface area contributed by atoms with Crippen molar-refractivity contribution >= 4 is 54.1 Å². The molecular formula is C55H38N2. The summed E-state index contributed by atoms with van der Waals surface area (Å²) in [6, 6.07) is 73.3. The van der Waals surface area contributed by atoms with E-state index in [2.05, 4.69) is 212 Å². The third-order valence-corrected chi connectivity index (χ3v) is 11.8. The quantitative estimate of drug-likeness (QED) is 0.156. The summed E-state index contributed by atoms with van der Waals surface area (Å²) in [5.41, 5.74) is 13.2. The lowest BCUT2D eigenvalue weighted by Gasteiger charge is -2.22. The monoisotopic (exact) mass is 726 g/mol. The number of imidazole rings is 1. The average Bonchev–Trinajstić information content (AvgIpc) is 3.67. The molecule has 0 amide bonds. The van der Waals surface area contributed by atoms with Crippen LogP contribution in [0.15, 0.2) is 200 Å². The van der Waals surface area contributed by atoms with Crippen molar-refractivity contribution in [1.82, 2.24) is 9.55 Å². The zero-order chi connectivity index (χ0) is 37.9. The first-order valence-electron chi connectivity index (χ1n) is 19.9. The van der Waals surface area contributed by atoms with Gasteiger partial charge < -0.3 is 0 Å². The highest BCUT2D eigenvalue weighted by molar-refractivity contribution is 6.26. The van der Waals surface area contributed by atoms with Crippen molar-refractivity contribution < 1.29 is 0 Å². The summed E-state index contributed by atoms with van der Waals surface area (Å²) in [4.78, 5) is 5.06. The lowest BCUT2D eigenvalue weighted by molar-refractivity contribution is 0.913. The van der Waals surface area contributed by atoms with E-state index in [9.17, 15) is 0 Å². The van der Waals surface area contributed by atoms with Crippen LogP contribution in [0.25, 0.3) is 104 Å². The molecular weight excluding hydrogens is 689 g/mol. The van der Waals surface area contributed by atoms with E-state index in [0.29, 0.717) is 0 Å². The number of benzene rings is 10. The summed E-state index contributed by atoms with van der Waals surface area (Å²) >= 11 is 0. The molecule has 0 saturated carbocycles. The zero-order valence-corrected chi connectivity index (χ0v) is 31.7. The van der Waals surface area contributed by atoms with Crippen LogP contribution in [-0.2, 0) is 6.42 Å². The Morgan fingerprint density at radius 2 is 0.860 bits per heavy atom. The minimum absolute atomic E-state index is 0.840. The normalized spacial score (nSPS) is 11.7. The predicted octanol–water partition coefficient (Wildman–Crippen LogP) is 14.9. The molecule has 2 nitrogen and oxygen atoms in total. The van der Waals surface area contributed by atoms with Gasteiger partial charge >= 0.3 is 0 Å². The van der Waals surface area contributed by atoms with Gasteiger partial charge in [-0.15, -0.1) is 0 Å². The minimum atomic E-state index is 0.840. The number of hydrogen-bond donors (Lipinski definition) is 0. The largest absolute Gasteiger partial charge is 0.296 e. The molecule has 0 atom stereocenters. The van der Waals surface area contributed by atoms with Crippen molar-refractivity contribution in [2.75, 3.05) is 0 Å². The van der Waals surface area contributed by atoms with Crippen molar-refractivity contribution in [1.29, 1.82) is 0 Å². The maximum Gasteiger partial charge on any atom is 0.114 e. The Balaban J connectivity index is 1.24. The van der Waals surface area contributed by atoms with E-state index in [1.807, 2.05) is 0 Å². The standard InChI is InChI=1S/C55H38N2/c1-2-53-56-50-27-15-16-28-52(50)57(53)51-34-33-47(42-23-11-12-24-43(42)51)54-44-25-13-14-26-45(44)55(49-35-38(29-30-48(49)54)36-17-5-3-6-18-36)46-32-31-39(37-19-7-4-8-20-37)40-21-9-10-22-41(40)46/h3-35H,2H2,1H3. The van der Waals surface area contributed by atoms with E-state index in [1.165, 1.54) is 87.6 Å². The van der Waals surface area contributed by atoms with Gasteiger partial charge in [-0.3, -0.25) is 4.57 Å². The molecule has 0 radical (unpaired) electrons. The van der Waals surface area contributed by atoms with Crippen LogP contribution in [0.2, 0.25) is 0 Å². The fraction of sp³-hybridized carbons (Fsp3) is 0.0364. The smallest absolute Gasteiger partial charge is 0.114 e. The van der Waals surface area contributed by atoms with Crippen LogP contribution in [-0.4, -0.2) is 9.55 Å². The molecule has 0 unspecified atom stereocenters. The zero-order valence-electron chi connectivity index (χ0n) is 31.7. The van der Waals surface area contributed by atoms with Gasteiger partial charge in [-0.05, 0) is 106 Å². The molecule has 2 heteroatoms. The Morgan fingerprint density at radius 1 is 0.368 bits per heavy atom. The maximum absolute atomic E-state index is 5.06. The van der Waals surface area contributed by atoms with Crippen molar-refractivity contribution in [3.63, 3.8) is 0 Å².